The molecule has 0 bridgehead atoms. The SMILES string of the molecule is CC(OC(=O)/C=C\C(=O)OC(C)C(N)(c1ccccc1)c1ccc(Cl)c(Cl)c1)C(N)(c1ccccc1)c1ccc(Cl)c(Cl)c1. The van der Waals surface area contributed by atoms with Gasteiger partial charge in [0.2, 0.25) is 0 Å². The second kappa shape index (κ2) is 14.2. The Labute approximate surface area is 276 Å². The van der Waals surface area contributed by atoms with Crippen LogP contribution < -0.4 is 11.5 Å². The molecule has 0 aromatic heterocycles. The molecule has 4 aromatic carbocycles. The van der Waals surface area contributed by atoms with E-state index in [2.05, 4.69) is 0 Å². The second-order valence-electron chi connectivity index (χ2n) is 10.2. The van der Waals surface area contributed by atoms with Gasteiger partial charge in [-0.05, 0) is 60.4 Å². The lowest BCUT2D eigenvalue weighted by molar-refractivity contribution is -0.147. The van der Waals surface area contributed by atoms with Crippen molar-refractivity contribution in [2.24, 2.45) is 11.5 Å². The third kappa shape index (κ3) is 7.13. The molecule has 6 nitrogen and oxygen atoms in total. The second-order valence-corrected chi connectivity index (χ2v) is 11.8. The Morgan fingerprint density at radius 1 is 0.568 bits per heavy atom. The van der Waals surface area contributed by atoms with Crippen LogP contribution in [0.5, 0.6) is 0 Å². The van der Waals surface area contributed by atoms with E-state index in [1.54, 1.807) is 50.2 Å². The standard InChI is InChI=1S/C34H30Cl4N2O4/c1-21(33(39,23-9-5-3-6-10-23)25-13-15-27(35)29(37)19-25)43-31(41)17-18-32(42)44-22(2)34(40,24-11-7-4-8-12-24)26-14-16-28(36)30(38)20-26/h3-22H,39-40H2,1-2H3/b18-17-. The molecule has 0 saturated heterocycles. The van der Waals surface area contributed by atoms with Gasteiger partial charge in [-0.2, -0.15) is 0 Å². The first-order valence-corrected chi connectivity index (χ1v) is 15.1. The van der Waals surface area contributed by atoms with Gasteiger partial charge in [-0.1, -0.05) is 119 Å². The van der Waals surface area contributed by atoms with Crippen LogP contribution in [0.1, 0.15) is 36.1 Å². The number of benzene rings is 4. The zero-order valence-corrected chi connectivity index (χ0v) is 26.9. The molecule has 0 amide bonds. The molecule has 228 valence electrons. The van der Waals surface area contributed by atoms with Crippen LogP contribution in [0.4, 0.5) is 0 Å². The number of nitrogens with two attached hydrogens (primary N) is 2. The van der Waals surface area contributed by atoms with Crippen molar-refractivity contribution in [3.63, 3.8) is 0 Å². The molecule has 0 saturated carbocycles. The van der Waals surface area contributed by atoms with Crippen molar-refractivity contribution >= 4 is 58.3 Å². The highest BCUT2D eigenvalue weighted by atomic mass is 35.5. The van der Waals surface area contributed by atoms with Crippen molar-refractivity contribution in [3.8, 4) is 0 Å². The Bertz CT molecular complexity index is 1550. The number of hydrogen-bond donors (Lipinski definition) is 2. The minimum atomic E-state index is -1.29. The van der Waals surface area contributed by atoms with Crippen LogP contribution >= 0.6 is 46.4 Å². The maximum atomic E-state index is 12.9. The quantitative estimate of drug-likeness (QED) is 0.132. The Balaban J connectivity index is 1.53. The van der Waals surface area contributed by atoms with Gasteiger partial charge in [0.1, 0.15) is 23.3 Å². The van der Waals surface area contributed by atoms with E-state index in [1.165, 1.54) is 0 Å². The van der Waals surface area contributed by atoms with Gasteiger partial charge in [0.15, 0.2) is 0 Å². The summed E-state index contributed by atoms with van der Waals surface area (Å²) >= 11 is 24.8. The van der Waals surface area contributed by atoms with Gasteiger partial charge in [0, 0.05) is 12.2 Å². The highest BCUT2D eigenvalue weighted by molar-refractivity contribution is 6.42. The van der Waals surface area contributed by atoms with Crippen molar-refractivity contribution in [1.29, 1.82) is 0 Å². The number of hydrogen-bond acceptors (Lipinski definition) is 6. The van der Waals surface area contributed by atoms with Crippen LogP contribution in [-0.2, 0) is 30.1 Å². The van der Waals surface area contributed by atoms with E-state index in [0.29, 0.717) is 42.3 Å². The number of carbonyl (C=O) groups is 2. The normalized spacial score (nSPS) is 15.5. The van der Waals surface area contributed by atoms with Gasteiger partial charge in [-0.25, -0.2) is 9.59 Å². The maximum Gasteiger partial charge on any atom is 0.331 e. The zero-order chi connectivity index (χ0) is 32.1. The Morgan fingerprint density at radius 2 is 0.909 bits per heavy atom. The van der Waals surface area contributed by atoms with Gasteiger partial charge >= 0.3 is 11.9 Å². The molecule has 0 aliphatic heterocycles. The zero-order valence-electron chi connectivity index (χ0n) is 23.8. The summed E-state index contributed by atoms with van der Waals surface area (Å²) in [6, 6.07) is 28.2. The number of halogens is 4. The Morgan fingerprint density at radius 3 is 1.23 bits per heavy atom. The molecule has 4 N–H and O–H groups in total. The first-order valence-electron chi connectivity index (χ1n) is 13.6. The van der Waals surface area contributed by atoms with Gasteiger partial charge in [0.05, 0.1) is 20.1 Å². The van der Waals surface area contributed by atoms with Crippen LogP contribution in [0.3, 0.4) is 0 Å². The molecule has 0 aliphatic carbocycles. The van der Waals surface area contributed by atoms with Crippen molar-refractivity contribution in [2.45, 2.75) is 37.1 Å². The van der Waals surface area contributed by atoms with Crippen molar-refractivity contribution in [2.75, 3.05) is 0 Å². The van der Waals surface area contributed by atoms with E-state index in [0.717, 1.165) is 12.2 Å². The van der Waals surface area contributed by atoms with Crippen LogP contribution in [-0.4, -0.2) is 24.1 Å². The van der Waals surface area contributed by atoms with Gasteiger partial charge in [-0.15, -0.1) is 0 Å². The Kier molecular flexibility index (Phi) is 10.8. The molecule has 44 heavy (non-hydrogen) atoms. The predicted octanol–water partition coefficient (Wildman–Crippen LogP) is 7.82. The average molecular weight is 672 g/mol. The van der Waals surface area contributed by atoms with Crippen LogP contribution in [0.2, 0.25) is 20.1 Å². The molecular weight excluding hydrogens is 642 g/mol. The lowest BCUT2D eigenvalue weighted by Crippen LogP contribution is -2.49. The highest BCUT2D eigenvalue weighted by Crippen LogP contribution is 2.37. The smallest absolute Gasteiger partial charge is 0.331 e. The highest BCUT2D eigenvalue weighted by Gasteiger charge is 2.40. The molecule has 0 fully saturated rings. The van der Waals surface area contributed by atoms with E-state index in [1.807, 2.05) is 60.7 Å². The van der Waals surface area contributed by atoms with E-state index >= 15 is 0 Å². The predicted molar refractivity (Wildman–Crippen MR) is 176 cm³/mol. The van der Waals surface area contributed by atoms with Gasteiger partial charge in [0.25, 0.3) is 0 Å². The largest absolute Gasteiger partial charge is 0.457 e. The summed E-state index contributed by atoms with van der Waals surface area (Å²) in [6.07, 6.45) is 0.175. The van der Waals surface area contributed by atoms with E-state index in [4.69, 9.17) is 67.3 Å². The third-order valence-corrected chi connectivity index (χ3v) is 9.00. The summed E-state index contributed by atoms with van der Waals surface area (Å²) in [6.45, 7) is 3.31. The van der Waals surface area contributed by atoms with E-state index in [-0.39, 0.29) is 0 Å². The summed E-state index contributed by atoms with van der Waals surface area (Å²) in [5.74, 6) is -1.61. The number of rotatable bonds is 10. The fourth-order valence-corrected chi connectivity index (χ4v) is 5.55. The molecule has 0 aliphatic rings. The minimum Gasteiger partial charge on any atom is -0.457 e. The lowest BCUT2D eigenvalue weighted by Gasteiger charge is -2.36. The maximum absolute atomic E-state index is 12.9. The first-order chi connectivity index (χ1) is 20.9. The topological polar surface area (TPSA) is 105 Å². The first kappa shape index (κ1) is 33.5. The van der Waals surface area contributed by atoms with E-state index in [9.17, 15) is 9.59 Å². The average Bonchev–Trinajstić information content (AvgIpc) is 3.02. The molecule has 4 unspecified atom stereocenters. The molecule has 0 spiro atoms. The molecule has 4 aromatic rings. The van der Waals surface area contributed by atoms with Crippen LogP contribution in [0.15, 0.2) is 109 Å². The van der Waals surface area contributed by atoms with E-state index < -0.39 is 35.2 Å². The fraction of sp³-hybridized carbons (Fsp3) is 0.176. The summed E-state index contributed by atoms with van der Waals surface area (Å²) < 4.78 is 11.4. The summed E-state index contributed by atoms with van der Waals surface area (Å²) in [5.41, 5.74) is 13.8. The fourth-order valence-electron chi connectivity index (χ4n) is 4.96. The van der Waals surface area contributed by atoms with Gasteiger partial charge in [-0.3, -0.25) is 0 Å². The minimum absolute atomic E-state index is 0.303. The molecule has 0 radical (unpaired) electrons. The number of ether oxygens (including phenoxy) is 2. The summed E-state index contributed by atoms with van der Waals surface area (Å²) in [4.78, 5) is 25.8. The van der Waals surface area contributed by atoms with Gasteiger partial charge < -0.3 is 20.9 Å². The molecule has 4 atom stereocenters. The molecule has 10 heteroatoms. The monoisotopic (exact) mass is 670 g/mol. The van der Waals surface area contributed by atoms with Crippen molar-refractivity contribution in [3.05, 3.63) is 152 Å². The summed E-state index contributed by atoms with van der Waals surface area (Å²) in [5, 5.41) is 1.33. The van der Waals surface area contributed by atoms with Crippen LogP contribution in [0.25, 0.3) is 0 Å². The summed E-state index contributed by atoms with van der Waals surface area (Å²) in [7, 11) is 0. The van der Waals surface area contributed by atoms with Crippen LogP contribution in [0, 0.1) is 0 Å². The molecule has 4 rings (SSSR count). The number of esters is 2. The third-order valence-electron chi connectivity index (χ3n) is 7.52. The van der Waals surface area contributed by atoms with Crippen molar-refractivity contribution in [1.82, 2.24) is 0 Å². The lowest BCUT2D eigenvalue weighted by atomic mass is 9.79. The number of carbonyl (C=O) groups excluding carboxylic acids is 2. The molecular formula is C34H30Cl4N2O4. The Hall–Kier alpha value is -3.36. The molecule has 0 heterocycles. The van der Waals surface area contributed by atoms with Crippen molar-refractivity contribution < 1.29 is 19.1 Å².